The van der Waals surface area contributed by atoms with Crippen LogP contribution in [0.25, 0.3) is 0 Å². The van der Waals surface area contributed by atoms with Crippen molar-refractivity contribution in [2.24, 2.45) is 5.73 Å². The summed E-state index contributed by atoms with van der Waals surface area (Å²) in [6.45, 7) is 2.03. The van der Waals surface area contributed by atoms with Gasteiger partial charge in [0.25, 0.3) is 0 Å². The number of pyridine rings is 1. The summed E-state index contributed by atoms with van der Waals surface area (Å²) < 4.78 is 0. The van der Waals surface area contributed by atoms with Gasteiger partial charge in [-0.2, -0.15) is 0 Å². The van der Waals surface area contributed by atoms with Gasteiger partial charge in [0.05, 0.1) is 12.1 Å². The maximum Gasteiger partial charge on any atom is 0.200 e. The van der Waals surface area contributed by atoms with Crippen LogP contribution >= 0.6 is 0 Å². The molecular weight excluding hydrogens is 204 g/mol. The van der Waals surface area contributed by atoms with Gasteiger partial charge in [-0.1, -0.05) is 25.8 Å². The van der Waals surface area contributed by atoms with Crippen LogP contribution in [0.3, 0.4) is 0 Å². The van der Waals surface area contributed by atoms with E-state index in [1.54, 1.807) is 24.4 Å². The van der Waals surface area contributed by atoms with Crippen molar-refractivity contribution in [1.29, 1.82) is 0 Å². The van der Waals surface area contributed by atoms with Gasteiger partial charge >= 0.3 is 0 Å². The summed E-state index contributed by atoms with van der Waals surface area (Å²) in [4.78, 5) is 15.7. The van der Waals surface area contributed by atoms with Crippen LogP contribution in [-0.2, 0) is 0 Å². The number of rotatable bonds is 6. The monoisotopic (exact) mass is 222 g/mol. The third kappa shape index (κ3) is 3.40. The Morgan fingerprint density at radius 3 is 2.88 bits per heavy atom. The first-order valence-corrected chi connectivity index (χ1v) is 5.55. The van der Waals surface area contributed by atoms with Gasteiger partial charge in [-0.05, 0) is 18.6 Å². The van der Waals surface area contributed by atoms with Gasteiger partial charge < -0.3 is 10.8 Å². The molecule has 1 rings (SSSR count). The Morgan fingerprint density at radius 2 is 2.31 bits per heavy atom. The molecule has 0 saturated heterocycles. The number of unbranched alkanes of at least 4 members (excludes halogenated alkanes) is 1. The van der Waals surface area contributed by atoms with Crippen molar-refractivity contribution in [2.75, 3.05) is 0 Å². The molecule has 0 aromatic carbocycles. The van der Waals surface area contributed by atoms with Crippen LogP contribution in [-0.4, -0.2) is 28.0 Å². The third-order valence-corrected chi connectivity index (χ3v) is 2.49. The zero-order valence-electron chi connectivity index (χ0n) is 9.47. The molecule has 4 heteroatoms. The lowest BCUT2D eigenvalue weighted by Gasteiger charge is -2.16. The number of nitrogens with zero attached hydrogens (tertiary/aromatic N) is 1. The smallest absolute Gasteiger partial charge is 0.200 e. The maximum absolute atomic E-state index is 11.8. The predicted molar refractivity (Wildman–Crippen MR) is 62.1 cm³/mol. The lowest BCUT2D eigenvalue weighted by molar-refractivity contribution is 0.0791. The zero-order chi connectivity index (χ0) is 12.0. The Balaban J connectivity index is 2.60. The fourth-order valence-corrected chi connectivity index (χ4v) is 1.45. The molecule has 0 aliphatic heterocycles. The molecule has 4 nitrogen and oxygen atoms in total. The van der Waals surface area contributed by atoms with E-state index in [1.807, 2.05) is 6.92 Å². The topological polar surface area (TPSA) is 76.2 Å². The number of nitrogens with two attached hydrogens (primary N) is 1. The molecule has 1 aromatic heterocycles. The summed E-state index contributed by atoms with van der Waals surface area (Å²) in [6.07, 6.45) is 3.15. The second-order valence-corrected chi connectivity index (χ2v) is 3.81. The summed E-state index contributed by atoms with van der Waals surface area (Å²) in [5.41, 5.74) is 6.00. The van der Waals surface area contributed by atoms with E-state index in [0.717, 1.165) is 12.8 Å². The zero-order valence-corrected chi connectivity index (χ0v) is 9.47. The number of hydrogen-bond acceptors (Lipinski definition) is 4. The quantitative estimate of drug-likeness (QED) is 0.708. The largest absolute Gasteiger partial charge is 0.391 e. The number of aliphatic hydroxyl groups is 1. The predicted octanol–water partition coefficient (Wildman–Crippen LogP) is 1.14. The van der Waals surface area contributed by atoms with Crippen LogP contribution < -0.4 is 5.73 Å². The van der Waals surface area contributed by atoms with E-state index in [1.165, 1.54) is 0 Å². The second kappa shape index (κ2) is 6.35. The average molecular weight is 222 g/mol. The number of aliphatic hydroxyl groups excluding tert-OH is 1. The Labute approximate surface area is 95.5 Å². The van der Waals surface area contributed by atoms with Gasteiger partial charge in [0.15, 0.2) is 5.78 Å². The third-order valence-electron chi connectivity index (χ3n) is 2.49. The lowest BCUT2D eigenvalue weighted by atomic mass is 10.00. The first-order chi connectivity index (χ1) is 7.66. The van der Waals surface area contributed by atoms with Crippen molar-refractivity contribution < 1.29 is 9.90 Å². The summed E-state index contributed by atoms with van der Waals surface area (Å²) in [5.74, 6) is -0.302. The molecule has 88 valence electrons. The van der Waals surface area contributed by atoms with E-state index < -0.39 is 12.1 Å². The van der Waals surface area contributed by atoms with Crippen LogP contribution in [0.2, 0.25) is 0 Å². The van der Waals surface area contributed by atoms with Gasteiger partial charge in [0.2, 0.25) is 0 Å². The van der Waals surface area contributed by atoms with E-state index in [-0.39, 0.29) is 5.78 Å². The first kappa shape index (κ1) is 12.8. The minimum atomic E-state index is -0.874. The van der Waals surface area contributed by atoms with Crippen molar-refractivity contribution in [3.8, 4) is 0 Å². The number of carbonyl (C=O) groups excluding carboxylic acids is 1. The molecule has 1 aromatic rings. The van der Waals surface area contributed by atoms with Crippen molar-refractivity contribution in [3.63, 3.8) is 0 Å². The lowest BCUT2D eigenvalue weighted by Crippen LogP contribution is -2.42. The fraction of sp³-hybridized carbons (Fsp3) is 0.500. The van der Waals surface area contributed by atoms with Crippen LogP contribution in [0.5, 0.6) is 0 Å². The highest BCUT2D eigenvalue weighted by atomic mass is 16.3. The van der Waals surface area contributed by atoms with Gasteiger partial charge in [-0.3, -0.25) is 9.78 Å². The van der Waals surface area contributed by atoms with Crippen molar-refractivity contribution in [1.82, 2.24) is 4.98 Å². The van der Waals surface area contributed by atoms with Crippen LogP contribution in [0, 0.1) is 0 Å². The normalized spacial score (nSPS) is 14.4. The van der Waals surface area contributed by atoms with Crippen LogP contribution in [0.4, 0.5) is 0 Å². The molecule has 0 amide bonds. The average Bonchev–Trinajstić information content (AvgIpc) is 2.35. The summed E-state index contributed by atoms with van der Waals surface area (Å²) in [6, 6.07) is 4.19. The molecule has 0 radical (unpaired) electrons. The number of Topliss-reactive ketones (excluding diaryl/α,β-unsaturated/α-hetero) is 1. The minimum Gasteiger partial charge on any atom is -0.391 e. The highest BCUT2D eigenvalue weighted by Crippen LogP contribution is 2.07. The fourth-order valence-electron chi connectivity index (χ4n) is 1.45. The Kier molecular flexibility index (Phi) is 5.08. The number of hydrogen-bond donors (Lipinski definition) is 2. The molecule has 0 saturated carbocycles. The molecule has 0 bridgehead atoms. The van der Waals surface area contributed by atoms with Gasteiger partial charge in [-0.25, -0.2) is 0 Å². The number of carbonyl (C=O) groups is 1. The highest BCUT2D eigenvalue weighted by molar-refractivity contribution is 5.98. The molecule has 0 fully saturated rings. The summed E-state index contributed by atoms with van der Waals surface area (Å²) in [7, 11) is 0. The van der Waals surface area contributed by atoms with Gasteiger partial charge in [-0.15, -0.1) is 0 Å². The summed E-state index contributed by atoms with van der Waals surface area (Å²) in [5, 5.41) is 9.71. The van der Waals surface area contributed by atoms with E-state index in [9.17, 15) is 9.90 Å². The molecule has 0 aliphatic rings. The Bertz CT molecular complexity index is 327. The molecule has 2 atom stereocenters. The Morgan fingerprint density at radius 1 is 1.56 bits per heavy atom. The van der Waals surface area contributed by atoms with Crippen molar-refractivity contribution >= 4 is 5.78 Å². The number of aromatic nitrogens is 1. The number of ketones is 1. The highest BCUT2D eigenvalue weighted by Gasteiger charge is 2.23. The van der Waals surface area contributed by atoms with E-state index in [2.05, 4.69) is 4.98 Å². The maximum atomic E-state index is 11.8. The van der Waals surface area contributed by atoms with E-state index >= 15 is 0 Å². The van der Waals surface area contributed by atoms with E-state index in [4.69, 9.17) is 5.73 Å². The van der Waals surface area contributed by atoms with Crippen LogP contribution in [0.15, 0.2) is 24.4 Å². The van der Waals surface area contributed by atoms with Gasteiger partial charge in [0.1, 0.15) is 5.69 Å². The molecule has 3 N–H and O–H groups in total. The van der Waals surface area contributed by atoms with Gasteiger partial charge in [0, 0.05) is 6.20 Å². The van der Waals surface area contributed by atoms with Crippen molar-refractivity contribution in [2.45, 2.75) is 38.3 Å². The molecule has 0 aliphatic carbocycles. The molecule has 1 heterocycles. The first-order valence-electron chi connectivity index (χ1n) is 5.55. The molecule has 16 heavy (non-hydrogen) atoms. The summed E-state index contributed by atoms with van der Waals surface area (Å²) >= 11 is 0. The Hall–Kier alpha value is -1.26. The minimum absolute atomic E-state index is 0.302. The van der Waals surface area contributed by atoms with Crippen molar-refractivity contribution in [3.05, 3.63) is 30.1 Å². The standard InChI is InChI=1S/C12H18N2O2/c1-2-3-7-10(15)11(13)12(16)9-6-4-5-8-14-9/h4-6,8,10-11,15H,2-3,7,13H2,1H3. The van der Waals surface area contributed by atoms with E-state index in [0.29, 0.717) is 12.1 Å². The van der Waals surface area contributed by atoms with Crippen LogP contribution in [0.1, 0.15) is 36.7 Å². The molecular formula is C12H18N2O2. The SMILES string of the molecule is CCCCC(O)C(N)C(=O)c1ccccn1. The second-order valence-electron chi connectivity index (χ2n) is 3.81. The molecule has 2 unspecified atom stereocenters. The molecule has 0 spiro atoms.